The highest BCUT2D eigenvalue weighted by Crippen LogP contribution is 2.36. The molecule has 0 spiro atoms. The number of carbonyl (C=O) groups is 1. The number of rotatable bonds is 5. The van der Waals surface area contributed by atoms with Crippen molar-refractivity contribution in [3.05, 3.63) is 71.9 Å². The highest BCUT2D eigenvalue weighted by molar-refractivity contribution is 5.69. The van der Waals surface area contributed by atoms with Gasteiger partial charge in [-0.2, -0.15) is 0 Å². The highest BCUT2D eigenvalue weighted by atomic mass is 16.6. The van der Waals surface area contributed by atoms with Crippen molar-refractivity contribution < 1.29 is 9.53 Å². The molecule has 0 radical (unpaired) electrons. The second kappa shape index (κ2) is 10.3. The van der Waals surface area contributed by atoms with Crippen LogP contribution in [0.15, 0.2) is 54.7 Å². The van der Waals surface area contributed by atoms with E-state index in [0.29, 0.717) is 19.0 Å². The molecule has 4 heterocycles. The summed E-state index contributed by atoms with van der Waals surface area (Å²) in [7, 11) is 0. The van der Waals surface area contributed by atoms with Crippen LogP contribution in [0.25, 0.3) is 0 Å². The second-order valence-corrected chi connectivity index (χ2v) is 10.8. The molecule has 0 bridgehead atoms. The zero-order chi connectivity index (χ0) is 25.1. The molecular weight excluding hydrogens is 452 g/mol. The summed E-state index contributed by atoms with van der Waals surface area (Å²) >= 11 is 0. The van der Waals surface area contributed by atoms with E-state index in [2.05, 4.69) is 44.8 Å². The number of aromatic nitrogens is 4. The fourth-order valence-electron chi connectivity index (χ4n) is 5.29. The maximum absolute atomic E-state index is 13.0. The molecule has 0 N–H and O–H groups in total. The van der Waals surface area contributed by atoms with Gasteiger partial charge in [-0.3, -0.25) is 4.90 Å². The van der Waals surface area contributed by atoms with Crippen molar-refractivity contribution in [2.75, 3.05) is 24.5 Å². The molecule has 2 saturated heterocycles. The van der Waals surface area contributed by atoms with Crippen molar-refractivity contribution in [2.45, 2.75) is 70.6 Å². The van der Waals surface area contributed by atoms with Crippen LogP contribution in [0, 0.1) is 0 Å². The number of amides is 1. The number of piperidine rings is 1. The molecule has 8 nitrogen and oxygen atoms in total. The summed E-state index contributed by atoms with van der Waals surface area (Å²) in [5, 5.41) is 9.46. The van der Waals surface area contributed by atoms with Gasteiger partial charge in [-0.15, -0.1) is 10.2 Å². The monoisotopic (exact) mass is 488 g/mol. The molecule has 1 unspecified atom stereocenters. The quantitative estimate of drug-likeness (QED) is 0.493. The molecule has 1 amide bonds. The van der Waals surface area contributed by atoms with E-state index in [1.165, 1.54) is 5.56 Å². The molecule has 8 heteroatoms. The smallest absolute Gasteiger partial charge is 0.410 e. The van der Waals surface area contributed by atoms with Crippen LogP contribution in [0.1, 0.15) is 75.6 Å². The second-order valence-electron chi connectivity index (χ2n) is 10.8. The van der Waals surface area contributed by atoms with Crippen LogP contribution in [0.5, 0.6) is 0 Å². The summed E-state index contributed by atoms with van der Waals surface area (Å²) in [5.74, 6) is 3.22. The molecule has 2 aliphatic heterocycles. The predicted octanol–water partition coefficient (Wildman–Crippen LogP) is 5.18. The largest absolute Gasteiger partial charge is 0.444 e. The Hall–Kier alpha value is -3.42. The first-order valence-corrected chi connectivity index (χ1v) is 13.0. The van der Waals surface area contributed by atoms with Gasteiger partial charge >= 0.3 is 6.09 Å². The van der Waals surface area contributed by atoms with E-state index in [1.807, 2.05) is 50.1 Å². The summed E-state index contributed by atoms with van der Waals surface area (Å²) < 4.78 is 7.99. The number of likely N-dealkylation sites (tertiary alicyclic amines) is 1. The molecule has 2 aromatic heterocycles. The van der Waals surface area contributed by atoms with Crippen LogP contribution in [-0.4, -0.2) is 56.0 Å². The summed E-state index contributed by atoms with van der Waals surface area (Å²) in [6.45, 7) is 8.95. The topological polar surface area (TPSA) is 76.4 Å². The third kappa shape index (κ3) is 5.37. The van der Waals surface area contributed by atoms with Crippen LogP contribution in [0.3, 0.4) is 0 Å². The van der Waals surface area contributed by atoms with E-state index >= 15 is 0 Å². The lowest BCUT2D eigenvalue weighted by Crippen LogP contribution is -2.37. The van der Waals surface area contributed by atoms with Crippen molar-refractivity contribution >= 4 is 11.9 Å². The van der Waals surface area contributed by atoms with E-state index < -0.39 is 5.60 Å². The molecule has 190 valence electrons. The highest BCUT2D eigenvalue weighted by Gasteiger charge is 2.37. The first-order valence-electron chi connectivity index (χ1n) is 13.0. The van der Waals surface area contributed by atoms with Crippen LogP contribution in [0.2, 0.25) is 0 Å². The van der Waals surface area contributed by atoms with Crippen molar-refractivity contribution in [3.63, 3.8) is 0 Å². The molecule has 1 aromatic carbocycles. The Kier molecular flexibility index (Phi) is 6.94. The minimum atomic E-state index is -0.533. The number of benzene rings is 1. The van der Waals surface area contributed by atoms with Crippen molar-refractivity contribution in [2.24, 2.45) is 0 Å². The zero-order valence-electron chi connectivity index (χ0n) is 21.5. The lowest BCUT2D eigenvalue weighted by molar-refractivity contribution is 0.0215. The van der Waals surface area contributed by atoms with Crippen LogP contribution < -0.4 is 4.90 Å². The number of pyridine rings is 1. The number of anilines is 1. The van der Waals surface area contributed by atoms with Gasteiger partial charge in [0.15, 0.2) is 5.82 Å². The van der Waals surface area contributed by atoms with Crippen LogP contribution >= 0.6 is 0 Å². The van der Waals surface area contributed by atoms with Gasteiger partial charge in [-0.1, -0.05) is 36.4 Å². The number of hydrogen-bond donors (Lipinski definition) is 0. The number of nitrogens with zero attached hydrogens (tertiary/aromatic N) is 6. The molecule has 5 rings (SSSR count). The molecular formula is C28H36N6O2. The molecule has 2 fully saturated rings. The van der Waals surface area contributed by atoms with Crippen LogP contribution in [-0.2, 0) is 11.3 Å². The van der Waals surface area contributed by atoms with Gasteiger partial charge in [0, 0.05) is 31.7 Å². The molecule has 1 atom stereocenters. The standard InChI is InChI=1S/C28H36N6O2/c1-28(2,3)36-27(35)33-17-9-12-23(33)26-31-30-25(34(26)20-21-10-5-4-6-11-21)22-14-18-32(19-15-22)24-13-7-8-16-29-24/h4-8,10-11,13,16,22-23H,9,12,14-15,17-20H2,1-3H3. The third-order valence-electron chi connectivity index (χ3n) is 7.00. The van der Waals surface area contributed by atoms with E-state index in [-0.39, 0.29) is 12.1 Å². The average molecular weight is 489 g/mol. The summed E-state index contributed by atoms with van der Waals surface area (Å²) in [5.41, 5.74) is 0.668. The fourth-order valence-corrected chi connectivity index (χ4v) is 5.29. The first-order chi connectivity index (χ1) is 17.4. The maximum atomic E-state index is 13.0. The summed E-state index contributed by atoms with van der Waals surface area (Å²) in [6.07, 6.45) is 5.35. The molecule has 2 aliphatic rings. The third-order valence-corrected chi connectivity index (χ3v) is 7.00. The van der Waals surface area contributed by atoms with Crippen molar-refractivity contribution in [3.8, 4) is 0 Å². The Morgan fingerprint density at radius 2 is 1.67 bits per heavy atom. The van der Waals surface area contributed by atoms with Gasteiger partial charge in [-0.05, 0) is 64.2 Å². The van der Waals surface area contributed by atoms with E-state index in [1.54, 1.807) is 0 Å². The Morgan fingerprint density at radius 3 is 2.36 bits per heavy atom. The molecule has 36 heavy (non-hydrogen) atoms. The van der Waals surface area contributed by atoms with Gasteiger partial charge in [0.25, 0.3) is 0 Å². The predicted molar refractivity (Wildman–Crippen MR) is 139 cm³/mol. The Bertz CT molecular complexity index is 1150. The number of carbonyl (C=O) groups excluding carboxylic acids is 1. The lowest BCUT2D eigenvalue weighted by atomic mass is 9.95. The Labute approximate surface area is 213 Å². The van der Waals surface area contributed by atoms with E-state index in [0.717, 1.165) is 56.2 Å². The fraction of sp³-hybridized carbons (Fsp3) is 0.500. The molecule has 3 aromatic rings. The van der Waals surface area contributed by atoms with Crippen molar-refractivity contribution in [1.82, 2.24) is 24.6 Å². The minimum absolute atomic E-state index is 0.126. The first kappa shape index (κ1) is 24.3. The molecule has 0 aliphatic carbocycles. The van der Waals surface area contributed by atoms with Gasteiger partial charge in [0.2, 0.25) is 0 Å². The zero-order valence-corrected chi connectivity index (χ0v) is 21.5. The Morgan fingerprint density at radius 1 is 0.944 bits per heavy atom. The molecule has 0 saturated carbocycles. The maximum Gasteiger partial charge on any atom is 0.410 e. The van der Waals surface area contributed by atoms with E-state index in [9.17, 15) is 4.79 Å². The van der Waals surface area contributed by atoms with Gasteiger partial charge < -0.3 is 14.2 Å². The Balaban J connectivity index is 1.41. The number of ether oxygens (including phenoxy) is 1. The lowest BCUT2D eigenvalue weighted by Gasteiger charge is -2.33. The van der Waals surface area contributed by atoms with E-state index in [4.69, 9.17) is 14.9 Å². The van der Waals surface area contributed by atoms with Crippen LogP contribution in [0.4, 0.5) is 10.6 Å². The SMILES string of the molecule is CC(C)(C)OC(=O)N1CCCC1c1nnc(C2CCN(c3ccccn3)CC2)n1Cc1ccccc1. The van der Waals surface area contributed by atoms with Gasteiger partial charge in [-0.25, -0.2) is 9.78 Å². The average Bonchev–Trinajstić information content (AvgIpc) is 3.52. The summed E-state index contributed by atoms with van der Waals surface area (Å²) in [4.78, 5) is 21.7. The minimum Gasteiger partial charge on any atom is -0.444 e. The number of hydrogen-bond acceptors (Lipinski definition) is 6. The summed E-state index contributed by atoms with van der Waals surface area (Å²) in [6, 6.07) is 16.4. The van der Waals surface area contributed by atoms with Crippen molar-refractivity contribution in [1.29, 1.82) is 0 Å². The van der Waals surface area contributed by atoms with Gasteiger partial charge in [0.1, 0.15) is 17.2 Å². The van der Waals surface area contributed by atoms with Gasteiger partial charge in [0.05, 0.1) is 12.6 Å². The normalized spacial score (nSPS) is 19.0.